The minimum Gasteiger partial charge on any atom is -0.465 e. The molecule has 0 saturated heterocycles. The van der Waals surface area contributed by atoms with Crippen LogP contribution in [0.15, 0.2) is 97.1 Å². The summed E-state index contributed by atoms with van der Waals surface area (Å²) in [7, 11) is 0. The molecule has 1 N–H and O–H groups in total. The maximum atomic E-state index is 14.7. The van der Waals surface area contributed by atoms with E-state index in [9.17, 15) is 20.0 Å². The normalized spacial score (nSPS) is 24.7. The highest BCUT2D eigenvalue weighted by molar-refractivity contribution is 6.42. The predicted octanol–water partition coefficient (Wildman–Crippen LogP) is 9.03. The van der Waals surface area contributed by atoms with E-state index in [1.807, 2.05) is 0 Å². The van der Waals surface area contributed by atoms with Crippen molar-refractivity contribution in [1.82, 2.24) is 0 Å². The Morgan fingerprint density at radius 2 is 1.39 bits per heavy atom. The van der Waals surface area contributed by atoms with Crippen LogP contribution in [0.25, 0.3) is 0 Å². The van der Waals surface area contributed by atoms with Gasteiger partial charge >= 0.3 is 5.97 Å². The number of benzene rings is 4. The quantitative estimate of drug-likeness (QED) is 0.157. The lowest BCUT2D eigenvalue weighted by molar-refractivity contribution is -0.164. The van der Waals surface area contributed by atoms with Crippen LogP contribution in [0.4, 0.5) is 0 Å². The number of hydrogen-bond donors (Lipinski definition) is 1. The summed E-state index contributed by atoms with van der Waals surface area (Å²) in [5, 5.41) is 25.1. The van der Waals surface area contributed by atoms with E-state index < -0.39 is 40.5 Å². The number of carbonyl (C=O) groups excluding carboxylic acids is 2. The molecule has 5 rings (SSSR count). The highest BCUT2D eigenvalue weighted by Crippen LogP contribution is 2.64. The number of esters is 1. The summed E-state index contributed by atoms with van der Waals surface area (Å²) < 4.78 is 5.62. The summed E-state index contributed by atoms with van der Waals surface area (Å²) in [6.07, 6.45) is -0.192. The molecule has 0 heterocycles. The van der Waals surface area contributed by atoms with Crippen molar-refractivity contribution >= 4 is 58.2 Å². The summed E-state index contributed by atoms with van der Waals surface area (Å²) in [6.45, 7) is 1.62. The van der Waals surface area contributed by atoms with Gasteiger partial charge in [-0.1, -0.05) is 119 Å². The third kappa shape index (κ3) is 5.51. The van der Waals surface area contributed by atoms with Gasteiger partial charge in [0.15, 0.2) is 11.2 Å². The Bertz CT molecular complexity index is 1740. The minimum absolute atomic E-state index is 0.0231. The molecule has 0 aromatic heterocycles. The van der Waals surface area contributed by atoms with E-state index in [1.165, 1.54) is 6.07 Å². The molecule has 4 aromatic carbocycles. The monoisotopic (exact) mass is 665 g/mol. The molecule has 0 amide bonds. The maximum Gasteiger partial charge on any atom is 0.327 e. The van der Waals surface area contributed by atoms with Gasteiger partial charge in [-0.2, -0.15) is 5.26 Å². The number of ether oxygens (including phenoxy) is 1. The second-order valence-corrected chi connectivity index (χ2v) is 12.4. The van der Waals surface area contributed by atoms with E-state index >= 15 is 0 Å². The van der Waals surface area contributed by atoms with Crippen molar-refractivity contribution in [2.45, 2.75) is 30.8 Å². The first-order chi connectivity index (χ1) is 21.1. The number of Topliss-reactive ketones (excluding diaryl/α,β-unsaturated/α-hetero) is 1. The van der Waals surface area contributed by atoms with Crippen LogP contribution in [0.1, 0.15) is 52.2 Å². The van der Waals surface area contributed by atoms with Crippen LogP contribution in [0.2, 0.25) is 20.1 Å². The summed E-state index contributed by atoms with van der Waals surface area (Å²) in [5.41, 5.74) is -2.32. The van der Waals surface area contributed by atoms with Crippen molar-refractivity contribution in [2.75, 3.05) is 6.61 Å². The van der Waals surface area contributed by atoms with Crippen molar-refractivity contribution in [3.63, 3.8) is 0 Å². The average molecular weight is 667 g/mol. The number of ketones is 1. The molecule has 224 valence electrons. The molecular formula is C35H27Cl4NO4. The van der Waals surface area contributed by atoms with Gasteiger partial charge in [0.25, 0.3) is 0 Å². The molecule has 5 nitrogen and oxygen atoms in total. The lowest BCUT2D eigenvalue weighted by atomic mass is 9.47. The number of nitrogens with zero attached hydrogens (tertiary/aromatic N) is 1. The fourth-order valence-electron chi connectivity index (χ4n) is 6.51. The van der Waals surface area contributed by atoms with Gasteiger partial charge in [-0.3, -0.25) is 9.59 Å². The first-order valence-corrected chi connectivity index (χ1v) is 15.4. The van der Waals surface area contributed by atoms with E-state index in [1.54, 1.807) is 97.9 Å². The lowest BCUT2D eigenvalue weighted by Crippen LogP contribution is -2.59. The third-order valence-corrected chi connectivity index (χ3v) is 9.94. The minimum atomic E-state index is -2.03. The Morgan fingerprint density at radius 3 is 1.93 bits per heavy atom. The zero-order chi connectivity index (χ0) is 31.6. The van der Waals surface area contributed by atoms with E-state index in [-0.39, 0.29) is 33.1 Å². The zero-order valence-corrected chi connectivity index (χ0v) is 26.5. The molecular weight excluding hydrogens is 640 g/mol. The molecule has 0 unspecified atom stereocenters. The average Bonchev–Trinajstić information content (AvgIpc) is 3.04. The van der Waals surface area contributed by atoms with Crippen molar-refractivity contribution < 1.29 is 19.4 Å². The molecule has 0 radical (unpaired) electrons. The first-order valence-electron chi connectivity index (χ1n) is 13.9. The largest absolute Gasteiger partial charge is 0.465 e. The van der Waals surface area contributed by atoms with Gasteiger partial charge in [-0.25, -0.2) is 0 Å². The standard InChI is InChI=1S/C35H27Cl4NO4/c1-2-44-33(42)34(20-40)25(22-13-15-26(36)28(38)17-22)19-35(43,24-11-7-4-8-12-24)31(32(41)21-9-5-3-6-10-21)30(34)23-14-16-27(37)29(39)18-23/h3-18,25,30-31,43H,2,19H2,1H3/t25-,30-,31-,34+,35-/m0/s1. The molecule has 0 spiro atoms. The van der Waals surface area contributed by atoms with Crippen LogP contribution in [-0.4, -0.2) is 23.5 Å². The Balaban J connectivity index is 1.92. The smallest absolute Gasteiger partial charge is 0.327 e. The van der Waals surface area contributed by atoms with Gasteiger partial charge in [0.05, 0.1) is 38.7 Å². The van der Waals surface area contributed by atoms with Crippen LogP contribution < -0.4 is 0 Å². The van der Waals surface area contributed by atoms with Crippen molar-refractivity contribution in [3.05, 3.63) is 139 Å². The zero-order valence-electron chi connectivity index (χ0n) is 23.5. The number of nitriles is 1. The topological polar surface area (TPSA) is 87.4 Å². The predicted molar refractivity (Wildman–Crippen MR) is 172 cm³/mol. The molecule has 1 aliphatic carbocycles. The fourth-order valence-corrected chi connectivity index (χ4v) is 7.13. The van der Waals surface area contributed by atoms with Crippen LogP contribution in [0.3, 0.4) is 0 Å². The molecule has 9 heteroatoms. The fraction of sp³-hybridized carbons (Fsp3) is 0.229. The second kappa shape index (κ2) is 12.9. The number of hydrogen-bond acceptors (Lipinski definition) is 5. The number of rotatable bonds is 7. The van der Waals surface area contributed by atoms with Gasteiger partial charge in [-0.05, 0) is 54.3 Å². The summed E-state index contributed by atoms with van der Waals surface area (Å²) in [4.78, 5) is 29.1. The number of halogens is 4. The second-order valence-electron chi connectivity index (χ2n) is 10.8. The SMILES string of the molecule is CCOC(=O)[C@]1(C#N)[C@H](c2ccc(Cl)c(Cl)c2)C[C@](O)(c2ccccc2)[C@H](C(=O)c2ccccc2)[C@@H]1c1ccc(Cl)c(Cl)c1. The van der Waals surface area contributed by atoms with Gasteiger partial charge in [0.2, 0.25) is 0 Å². The summed E-state index contributed by atoms with van der Waals surface area (Å²) in [5.74, 6) is -4.90. The molecule has 1 fully saturated rings. The summed E-state index contributed by atoms with van der Waals surface area (Å²) >= 11 is 25.6. The Hall–Kier alpha value is -3.37. The van der Waals surface area contributed by atoms with Gasteiger partial charge in [0, 0.05) is 17.4 Å². The first kappa shape index (κ1) is 32.0. The number of carbonyl (C=O) groups is 2. The number of aliphatic hydroxyl groups is 1. The van der Waals surface area contributed by atoms with Crippen LogP contribution in [0.5, 0.6) is 0 Å². The third-order valence-electron chi connectivity index (χ3n) is 8.46. The van der Waals surface area contributed by atoms with Crippen LogP contribution in [0, 0.1) is 22.7 Å². The highest BCUT2D eigenvalue weighted by Gasteiger charge is 2.67. The van der Waals surface area contributed by atoms with Crippen molar-refractivity contribution in [3.8, 4) is 6.07 Å². The Labute approximate surface area is 275 Å². The van der Waals surface area contributed by atoms with Gasteiger partial charge in [0.1, 0.15) is 5.60 Å². The van der Waals surface area contributed by atoms with Crippen molar-refractivity contribution in [1.29, 1.82) is 5.26 Å². The van der Waals surface area contributed by atoms with E-state index in [0.29, 0.717) is 22.3 Å². The molecule has 1 saturated carbocycles. The molecule has 4 aromatic rings. The molecule has 0 bridgehead atoms. The molecule has 44 heavy (non-hydrogen) atoms. The van der Waals surface area contributed by atoms with Crippen LogP contribution in [-0.2, 0) is 15.1 Å². The maximum absolute atomic E-state index is 14.7. The highest BCUT2D eigenvalue weighted by atomic mass is 35.5. The van der Waals surface area contributed by atoms with E-state index in [0.717, 1.165) is 0 Å². The Morgan fingerprint density at radius 1 is 0.841 bits per heavy atom. The Kier molecular flexibility index (Phi) is 9.41. The van der Waals surface area contributed by atoms with Crippen LogP contribution >= 0.6 is 46.4 Å². The van der Waals surface area contributed by atoms with E-state index in [2.05, 4.69) is 6.07 Å². The molecule has 0 aliphatic heterocycles. The van der Waals surface area contributed by atoms with Gasteiger partial charge < -0.3 is 9.84 Å². The van der Waals surface area contributed by atoms with Gasteiger partial charge in [-0.15, -0.1) is 0 Å². The molecule has 1 aliphatic rings. The molecule has 5 atom stereocenters. The van der Waals surface area contributed by atoms with E-state index in [4.69, 9.17) is 51.1 Å². The van der Waals surface area contributed by atoms with Crippen molar-refractivity contribution in [2.24, 2.45) is 11.3 Å². The lowest BCUT2D eigenvalue weighted by Gasteiger charge is -2.54. The summed E-state index contributed by atoms with van der Waals surface area (Å²) in [6, 6.07) is 29.1.